The molecule has 0 bridgehead atoms. The summed E-state index contributed by atoms with van der Waals surface area (Å²) in [4.78, 5) is 11.9. The zero-order valence-corrected chi connectivity index (χ0v) is 17.6. The predicted octanol–water partition coefficient (Wildman–Crippen LogP) is 6.53. The number of carbonyl (C=O) groups excluding carboxylic acids is 1. The lowest BCUT2D eigenvalue weighted by atomic mass is 9.63. The first kappa shape index (κ1) is 18.5. The zero-order chi connectivity index (χ0) is 19.6. The molecule has 0 saturated heterocycles. The fourth-order valence-electron chi connectivity index (χ4n) is 5.03. The highest BCUT2D eigenvalue weighted by Gasteiger charge is 2.55. The molecule has 2 unspecified atom stereocenters. The molecule has 1 aromatic rings. The van der Waals surface area contributed by atoms with Gasteiger partial charge in [0, 0.05) is 0 Å². The van der Waals surface area contributed by atoms with E-state index in [-0.39, 0.29) is 16.2 Å². The second kappa shape index (κ2) is 5.80. The Morgan fingerprint density at radius 2 is 1.70 bits per heavy atom. The van der Waals surface area contributed by atoms with Crippen molar-refractivity contribution >= 4 is 11.9 Å². The molecule has 0 spiro atoms. The minimum Gasteiger partial charge on any atom is -0.299 e. The van der Waals surface area contributed by atoms with Crippen molar-refractivity contribution < 1.29 is 4.79 Å². The fraction of sp³-hybridized carbons (Fsp3) is 0.500. The standard InChI is InChI=1S/C26H32O/c1-17(20-9-10-26(18(2)27)16-21(26)15-20)13-19-7-8-22-23(14-19)25(5,6)12-11-24(22,3)4/h7-10,13-15,21H,11-12,16H2,1-6H3/b17-13-. The minimum atomic E-state index is -0.175. The molecule has 1 heteroatoms. The van der Waals surface area contributed by atoms with Crippen LogP contribution in [0.4, 0.5) is 0 Å². The summed E-state index contributed by atoms with van der Waals surface area (Å²) >= 11 is 0. The summed E-state index contributed by atoms with van der Waals surface area (Å²) in [5, 5.41) is 0. The van der Waals surface area contributed by atoms with Gasteiger partial charge in [-0.25, -0.2) is 0 Å². The normalized spacial score (nSPS) is 30.2. The maximum Gasteiger partial charge on any atom is 0.140 e. The molecule has 0 aliphatic heterocycles. The summed E-state index contributed by atoms with van der Waals surface area (Å²) in [6.07, 6.45) is 12.4. The number of hydrogen-bond acceptors (Lipinski definition) is 1. The van der Waals surface area contributed by atoms with Gasteiger partial charge in [0.2, 0.25) is 0 Å². The lowest BCUT2D eigenvalue weighted by Gasteiger charge is -2.42. The summed E-state index contributed by atoms with van der Waals surface area (Å²) in [7, 11) is 0. The zero-order valence-electron chi connectivity index (χ0n) is 17.6. The number of allylic oxidation sites excluding steroid dienone is 5. The maximum absolute atomic E-state index is 11.9. The number of ketones is 1. The number of carbonyl (C=O) groups is 1. The van der Waals surface area contributed by atoms with Gasteiger partial charge in [-0.1, -0.05) is 70.2 Å². The van der Waals surface area contributed by atoms with Crippen molar-refractivity contribution in [2.24, 2.45) is 11.3 Å². The predicted molar refractivity (Wildman–Crippen MR) is 114 cm³/mol. The van der Waals surface area contributed by atoms with Crippen LogP contribution in [0.5, 0.6) is 0 Å². The van der Waals surface area contributed by atoms with Crippen LogP contribution in [0.2, 0.25) is 0 Å². The van der Waals surface area contributed by atoms with E-state index in [1.165, 1.54) is 40.7 Å². The Morgan fingerprint density at radius 1 is 1.04 bits per heavy atom. The van der Waals surface area contributed by atoms with Crippen LogP contribution >= 0.6 is 0 Å². The molecule has 3 aliphatic carbocycles. The quantitative estimate of drug-likeness (QED) is 0.599. The van der Waals surface area contributed by atoms with Crippen LogP contribution < -0.4 is 0 Å². The first-order valence-electron chi connectivity index (χ1n) is 10.3. The molecule has 1 saturated carbocycles. The van der Waals surface area contributed by atoms with E-state index in [0.29, 0.717) is 11.7 Å². The molecule has 0 heterocycles. The molecule has 4 rings (SSSR count). The lowest BCUT2D eigenvalue weighted by molar-refractivity contribution is -0.120. The van der Waals surface area contributed by atoms with Gasteiger partial charge in [0.25, 0.3) is 0 Å². The molecule has 27 heavy (non-hydrogen) atoms. The molecule has 0 amide bonds. The highest BCUT2D eigenvalue weighted by molar-refractivity contribution is 5.89. The van der Waals surface area contributed by atoms with Gasteiger partial charge in [0.1, 0.15) is 5.78 Å². The van der Waals surface area contributed by atoms with Gasteiger partial charge < -0.3 is 0 Å². The summed E-state index contributed by atoms with van der Waals surface area (Å²) in [6, 6.07) is 7.03. The van der Waals surface area contributed by atoms with Crippen LogP contribution in [-0.4, -0.2) is 5.78 Å². The van der Waals surface area contributed by atoms with E-state index in [2.05, 4.69) is 77.1 Å². The van der Waals surface area contributed by atoms with Gasteiger partial charge >= 0.3 is 0 Å². The Balaban J connectivity index is 1.65. The summed E-state index contributed by atoms with van der Waals surface area (Å²) < 4.78 is 0. The fourth-order valence-corrected chi connectivity index (χ4v) is 5.03. The second-order valence-electron chi connectivity index (χ2n) is 10.3. The molecule has 3 aliphatic rings. The molecule has 0 radical (unpaired) electrons. The van der Waals surface area contributed by atoms with Crippen molar-refractivity contribution in [1.29, 1.82) is 0 Å². The first-order valence-corrected chi connectivity index (χ1v) is 10.3. The molecule has 1 aromatic carbocycles. The van der Waals surface area contributed by atoms with Gasteiger partial charge in [0.05, 0.1) is 5.41 Å². The third-order valence-corrected chi connectivity index (χ3v) is 7.37. The maximum atomic E-state index is 11.9. The third-order valence-electron chi connectivity index (χ3n) is 7.37. The van der Waals surface area contributed by atoms with Crippen LogP contribution in [0.15, 0.2) is 47.6 Å². The molecular formula is C26H32O. The average Bonchev–Trinajstić information content (AvgIpc) is 3.34. The van der Waals surface area contributed by atoms with Crippen LogP contribution in [0.3, 0.4) is 0 Å². The average molecular weight is 361 g/mol. The Kier molecular flexibility index (Phi) is 3.97. The number of fused-ring (bicyclic) bond motifs is 2. The van der Waals surface area contributed by atoms with E-state index >= 15 is 0 Å². The lowest BCUT2D eigenvalue weighted by Crippen LogP contribution is -2.33. The SMILES string of the molecule is CC(=O)C12C=CC(/C(C)=C\c3ccc4c(c3)C(C)(C)CCC4(C)C)=CC1C2. The Morgan fingerprint density at radius 3 is 2.33 bits per heavy atom. The van der Waals surface area contributed by atoms with Gasteiger partial charge in [-0.2, -0.15) is 0 Å². The molecule has 0 aromatic heterocycles. The summed E-state index contributed by atoms with van der Waals surface area (Å²) in [5.74, 6) is 0.710. The van der Waals surface area contributed by atoms with Crippen molar-refractivity contribution in [3.8, 4) is 0 Å². The van der Waals surface area contributed by atoms with Crippen molar-refractivity contribution in [2.45, 2.75) is 71.6 Å². The van der Waals surface area contributed by atoms with E-state index < -0.39 is 0 Å². The topological polar surface area (TPSA) is 17.1 Å². The van der Waals surface area contributed by atoms with Crippen LogP contribution in [0.1, 0.15) is 77.5 Å². The van der Waals surface area contributed by atoms with Crippen molar-refractivity contribution in [3.05, 3.63) is 64.3 Å². The van der Waals surface area contributed by atoms with Gasteiger partial charge in [0.15, 0.2) is 0 Å². The molecule has 1 nitrogen and oxygen atoms in total. The van der Waals surface area contributed by atoms with Crippen LogP contribution in [0, 0.1) is 11.3 Å². The smallest absolute Gasteiger partial charge is 0.140 e. The van der Waals surface area contributed by atoms with Crippen molar-refractivity contribution in [1.82, 2.24) is 0 Å². The second-order valence-corrected chi connectivity index (χ2v) is 10.3. The Bertz CT molecular complexity index is 906. The van der Waals surface area contributed by atoms with E-state index in [4.69, 9.17) is 0 Å². The molecule has 142 valence electrons. The van der Waals surface area contributed by atoms with Gasteiger partial charge in [-0.15, -0.1) is 0 Å². The molecular weight excluding hydrogens is 328 g/mol. The van der Waals surface area contributed by atoms with Gasteiger partial charge in [-0.05, 0) is 77.7 Å². The third kappa shape index (κ3) is 2.96. The monoisotopic (exact) mass is 360 g/mol. The minimum absolute atomic E-state index is 0.175. The highest BCUT2D eigenvalue weighted by Crippen LogP contribution is 2.58. The van der Waals surface area contributed by atoms with Gasteiger partial charge in [-0.3, -0.25) is 4.79 Å². The summed E-state index contributed by atoms with van der Waals surface area (Å²) in [5.41, 5.74) is 7.17. The molecule has 1 fully saturated rings. The highest BCUT2D eigenvalue weighted by atomic mass is 16.1. The number of Topliss-reactive ketones (excluding diaryl/α,β-unsaturated/α-hetero) is 1. The number of rotatable bonds is 3. The summed E-state index contributed by atoms with van der Waals surface area (Å²) in [6.45, 7) is 13.4. The number of hydrogen-bond donors (Lipinski definition) is 0. The molecule has 0 N–H and O–H groups in total. The van der Waals surface area contributed by atoms with E-state index in [1.807, 2.05) is 0 Å². The van der Waals surface area contributed by atoms with Crippen LogP contribution in [-0.2, 0) is 15.6 Å². The Hall–Kier alpha value is -1.89. The largest absolute Gasteiger partial charge is 0.299 e. The van der Waals surface area contributed by atoms with Crippen molar-refractivity contribution in [3.63, 3.8) is 0 Å². The van der Waals surface area contributed by atoms with Crippen molar-refractivity contribution in [2.75, 3.05) is 0 Å². The van der Waals surface area contributed by atoms with Crippen LogP contribution in [0.25, 0.3) is 6.08 Å². The van der Waals surface area contributed by atoms with E-state index in [0.717, 1.165) is 6.42 Å². The first-order chi connectivity index (χ1) is 12.6. The Labute approximate surface area is 164 Å². The number of benzene rings is 1. The van der Waals surface area contributed by atoms with E-state index in [9.17, 15) is 4.79 Å². The molecule has 2 atom stereocenters. The van der Waals surface area contributed by atoms with E-state index in [1.54, 1.807) is 6.92 Å².